The molecule has 0 saturated carbocycles. The van der Waals surface area contributed by atoms with Crippen LogP contribution < -0.4 is 10.1 Å². The third-order valence-electron chi connectivity index (χ3n) is 3.59. The second kappa shape index (κ2) is 6.52. The highest BCUT2D eigenvalue weighted by Crippen LogP contribution is 2.21. The minimum atomic E-state index is 0.0212. The Morgan fingerprint density at radius 3 is 2.89 bits per heavy atom. The molecule has 0 aliphatic carbocycles. The predicted molar refractivity (Wildman–Crippen MR) is 73.3 cm³/mol. The molecular weight excluding hydrogens is 242 g/mol. The van der Waals surface area contributed by atoms with E-state index in [-0.39, 0.29) is 5.91 Å². The van der Waals surface area contributed by atoms with Crippen molar-refractivity contribution in [2.45, 2.75) is 12.8 Å². The molecule has 19 heavy (non-hydrogen) atoms. The fourth-order valence-corrected chi connectivity index (χ4v) is 2.52. The minimum Gasteiger partial charge on any atom is -0.480 e. The molecule has 1 fully saturated rings. The molecule has 0 aromatic carbocycles. The van der Waals surface area contributed by atoms with Crippen molar-refractivity contribution < 1.29 is 9.53 Å². The number of nitrogens with zero attached hydrogens (tertiary/aromatic N) is 2. The predicted octanol–water partition coefficient (Wildman–Crippen LogP) is 1.16. The summed E-state index contributed by atoms with van der Waals surface area (Å²) in [5.74, 6) is 1.10. The van der Waals surface area contributed by atoms with Crippen molar-refractivity contribution >= 4 is 5.91 Å². The molecule has 1 saturated heterocycles. The number of hydrogen-bond acceptors (Lipinski definition) is 4. The Labute approximate surface area is 114 Å². The Morgan fingerprint density at radius 2 is 2.26 bits per heavy atom. The van der Waals surface area contributed by atoms with Crippen LogP contribution in [0.4, 0.5) is 0 Å². The third-order valence-corrected chi connectivity index (χ3v) is 3.59. The van der Waals surface area contributed by atoms with Crippen LogP contribution in [0.1, 0.15) is 23.2 Å². The molecule has 1 aromatic rings. The Hall–Kier alpha value is -1.62. The van der Waals surface area contributed by atoms with E-state index in [9.17, 15) is 4.79 Å². The van der Waals surface area contributed by atoms with Crippen LogP contribution in [0.15, 0.2) is 18.3 Å². The molecule has 1 N–H and O–H groups in total. The Balaban J connectivity index is 2.01. The molecule has 0 spiro atoms. The smallest absolute Gasteiger partial charge is 0.259 e. The Morgan fingerprint density at radius 1 is 1.53 bits per heavy atom. The van der Waals surface area contributed by atoms with E-state index < -0.39 is 0 Å². The van der Waals surface area contributed by atoms with Gasteiger partial charge in [-0.2, -0.15) is 0 Å². The summed E-state index contributed by atoms with van der Waals surface area (Å²) in [5.41, 5.74) is 0.553. The van der Waals surface area contributed by atoms with E-state index in [2.05, 4.69) is 10.3 Å². The highest BCUT2D eigenvalue weighted by molar-refractivity contribution is 5.96. The van der Waals surface area contributed by atoms with Crippen LogP contribution in [0.5, 0.6) is 5.88 Å². The number of hydrogen-bond donors (Lipinski definition) is 1. The second-order valence-electron chi connectivity index (χ2n) is 4.85. The van der Waals surface area contributed by atoms with Gasteiger partial charge in [0.05, 0.1) is 7.11 Å². The molecule has 1 amide bonds. The molecule has 2 rings (SSSR count). The number of carbonyl (C=O) groups is 1. The van der Waals surface area contributed by atoms with Crippen LogP contribution in [0.3, 0.4) is 0 Å². The van der Waals surface area contributed by atoms with Gasteiger partial charge in [-0.05, 0) is 44.5 Å². The maximum Gasteiger partial charge on any atom is 0.259 e. The molecule has 5 nitrogen and oxygen atoms in total. The number of pyridine rings is 1. The van der Waals surface area contributed by atoms with E-state index in [0.29, 0.717) is 17.4 Å². The zero-order valence-electron chi connectivity index (χ0n) is 11.6. The lowest BCUT2D eigenvalue weighted by atomic mass is 9.96. The number of piperidine rings is 1. The monoisotopic (exact) mass is 263 g/mol. The fraction of sp³-hybridized carbons (Fsp3) is 0.571. The zero-order chi connectivity index (χ0) is 13.7. The van der Waals surface area contributed by atoms with Gasteiger partial charge in [-0.3, -0.25) is 4.79 Å². The van der Waals surface area contributed by atoms with Gasteiger partial charge in [0.2, 0.25) is 5.88 Å². The molecule has 0 unspecified atom stereocenters. The lowest BCUT2D eigenvalue weighted by Crippen LogP contribution is -2.40. The molecule has 5 heteroatoms. The average molecular weight is 263 g/mol. The quantitative estimate of drug-likeness (QED) is 0.885. The topological polar surface area (TPSA) is 54.5 Å². The highest BCUT2D eigenvalue weighted by Gasteiger charge is 2.25. The summed E-state index contributed by atoms with van der Waals surface area (Å²) in [6.45, 7) is 2.64. The minimum absolute atomic E-state index is 0.0212. The van der Waals surface area contributed by atoms with E-state index in [0.717, 1.165) is 32.5 Å². The van der Waals surface area contributed by atoms with Gasteiger partial charge in [0.1, 0.15) is 5.56 Å². The summed E-state index contributed by atoms with van der Waals surface area (Å²) in [6, 6.07) is 3.54. The van der Waals surface area contributed by atoms with Gasteiger partial charge in [-0.15, -0.1) is 0 Å². The Bertz CT molecular complexity index is 428. The average Bonchev–Trinajstić information content (AvgIpc) is 2.47. The van der Waals surface area contributed by atoms with Crippen LogP contribution in [0.2, 0.25) is 0 Å². The van der Waals surface area contributed by atoms with Crippen molar-refractivity contribution in [3.05, 3.63) is 23.9 Å². The zero-order valence-corrected chi connectivity index (χ0v) is 11.6. The number of ether oxygens (including phenoxy) is 1. The molecule has 1 aromatic heterocycles. The van der Waals surface area contributed by atoms with Gasteiger partial charge in [-0.1, -0.05) is 0 Å². The standard InChI is InChI=1S/C14H21N3O2/c1-15-10-11-5-8-17(9-6-11)14(18)12-4-3-7-16-13(12)19-2/h3-4,7,11,15H,5-6,8-10H2,1-2H3. The lowest BCUT2D eigenvalue weighted by molar-refractivity contribution is 0.0686. The van der Waals surface area contributed by atoms with Crippen LogP contribution in [-0.4, -0.2) is 49.6 Å². The second-order valence-corrected chi connectivity index (χ2v) is 4.85. The molecule has 0 bridgehead atoms. The molecule has 1 aliphatic heterocycles. The SMILES string of the molecule is CNCC1CCN(C(=O)c2cccnc2OC)CC1. The summed E-state index contributed by atoms with van der Waals surface area (Å²) >= 11 is 0. The van der Waals surface area contributed by atoms with Crippen molar-refractivity contribution in [2.24, 2.45) is 5.92 Å². The maximum atomic E-state index is 12.4. The Kier molecular flexibility index (Phi) is 4.74. The van der Waals surface area contributed by atoms with Crippen LogP contribution >= 0.6 is 0 Å². The van der Waals surface area contributed by atoms with Crippen LogP contribution in [0, 0.1) is 5.92 Å². The fourth-order valence-electron chi connectivity index (χ4n) is 2.52. The molecule has 2 heterocycles. The number of carbonyl (C=O) groups excluding carboxylic acids is 1. The van der Waals surface area contributed by atoms with E-state index in [4.69, 9.17) is 4.74 Å². The third kappa shape index (κ3) is 3.23. The summed E-state index contributed by atoms with van der Waals surface area (Å²) in [7, 11) is 3.51. The van der Waals surface area contributed by atoms with Gasteiger partial charge in [0.25, 0.3) is 5.91 Å². The summed E-state index contributed by atoms with van der Waals surface area (Å²) in [6.07, 6.45) is 3.74. The van der Waals surface area contributed by atoms with Crippen LogP contribution in [-0.2, 0) is 0 Å². The number of rotatable bonds is 4. The van der Waals surface area contributed by atoms with Crippen molar-refractivity contribution in [3.8, 4) is 5.88 Å². The lowest BCUT2D eigenvalue weighted by Gasteiger charge is -2.32. The largest absolute Gasteiger partial charge is 0.480 e. The maximum absolute atomic E-state index is 12.4. The molecule has 104 valence electrons. The number of aromatic nitrogens is 1. The van der Waals surface area contributed by atoms with Gasteiger partial charge in [0.15, 0.2) is 0 Å². The van der Waals surface area contributed by atoms with E-state index in [1.165, 1.54) is 7.11 Å². The normalized spacial score (nSPS) is 16.4. The van der Waals surface area contributed by atoms with Gasteiger partial charge >= 0.3 is 0 Å². The summed E-state index contributed by atoms with van der Waals surface area (Å²) < 4.78 is 5.15. The number of methoxy groups -OCH3 is 1. The highest BCUT2D eigenvalue weighted by atomic mass is 16.5. The first kappa shape index (κ1) is 13.8. The molecular formula is C14H21N3O2. The number of likely N-dealkylation sites (tertiary alicyclic amines) is 1. The van der Waals surface area contributed by atoms with E-state index in [1.807, 2.05) is 11.9 Å². The van der Waals surface area contributed by atoms with Crippen molar-refractivity contribution in [1.82, 2.24) is 15.2 Å². The first-order chi connectivity index (χ1) is 9.26. The number of nitrogens with one attached hydrogen (secondary N) is 1. The molecule has 0 radical (unpaired) electrons. The van der Waals surface area contributed by atoms with Gasteiger partial charge < -0.3 is 15.0 Å². The van der Waals surface area contributed by atoms with Crippen LogP contribution in [0.25, 0.3) is 0 Å². The van der Waals surface area contributed by atoms with Gasteiger partial charge in [-0.25, -0.2) is 4.98 Å². The van der Waals surface area contributed by atoms with Crippen molar-refractivity contribution in [2.75, 3.05) is 33.8 Å². The molecule has 0 atom stereocenters. The van der Waals surface area contributed by atoms with E-state index >= 15 is 0 Å². The van der Waals surface area contributed by atoms with Crippen molar-refractivity contribution in [3.63, 3.8) is 0 Å². The van der Waals surface area contributed by atoms with E-state index in [1.54, 1.807) is 18.3 Å². The molecule has 1 aliphatic rings. The number of amides is 1. The first-order valence-corrected chi connectivity index (χ1v) is 6.69. The van der Waals surface area contributed by atoms with Crippen molar-refractivity contribution in [1.29, 1.82) is 0 Å². The van der Waals surface area contributed by atoms with Gasteiger partial charge in [0, 0.05) is 19.3 Å². The summed E-state index contributed by atoms with van der Waals surface area (Å²) in [4.78, 5) is 18.4. The first-order valence-electron chi connectivity index (χ1n) is 6.69. The summed E-state index contributed by atoms with van der Waals surface area (Å²) in [5, 5.41) is 3.20.